The van der Waals surface area contributed by atoms with Gasteiger partial charge in [0.25, 0.3) is 0 Å². The molecule has 4 heteroatoms. The Morgan fingerprint density at radius 1 is 0.724 bits per heavy atom. The van der Waals surface area contributed by atoms with Gasteiger partial charge < -0.3 is 8.85 Å². The standard InChI is InChI=1S/C25H45ClO2Si/c1-4-7-8-9-10-11-12-13-14-15-16-17-18-22-27-29(5-2,6-3)28-25-21-19-20-24(26)23-25/h19-21,23H,4-18,22H2,1-3H3. The molecule has 0 heterocycles. The summed E-state index contributed by atoms with van der Waals surface area (Å²) in [6.45, 7) is 7.48. The minimum absolute atomic E-state index is 0.717. The minimum atomic E-state index is -2.17. The highest BCUT2D eigenvalue weighted by Gasteiger charge is 2.35. The molecular weight excluding hydrogens is 396 g/mol. The molecule has 0 amide bonds. The quantitative estimate of drug-likeness (QED) is 0.157. The first-order valence-electron chi connectivity index (χ1n) is 12.2. The largest absolute Gasteiger partial charge is 0.520 e. The number of unbranched alkanes of at least 4 members (excludes halogenated alkanes) is 12. The number of halogens is 1. The fraction of sp³-hybridized carbons (Fsp3) is 0.760. The lowest BCUT2D eigenvalue weighted by Gasteiger charge is -2.29. The Balaban J connectivity index is 2.07. The van der Waals surface area contributed by atoms with Crippen LogP contribution < -0.4 is 4.43 Å². The van der Waals surface area contributed by atoms with E-state index in [1.54, 1.807) is 0 Å². The fourth-order valence-electron chi connectivity index (χ4n) is 3.75. The monoisotopic (exact) mass is 440 g/mol. The van der Waals surface area contributed by atoms with E-state index in [1.807, 2.05) is 24.3 Å². The third-order valence-electron chi connectivity index (χ3n) is 5.79. The molecule has 1 rings (SSSR count). The van der Waals surface area contributed by atoms with Gasteiger partial charge in [0.15, 0.2) is 0 Å². The lowest BCUT2D eigenvalue weighted by molar-refractivity contribution is 0.230. The zero-order valence-corrected chi connectivity index (χ0v) is 21.1. The second-order valence-electron chi connectivity index (χ2n) is 8.27. The Bertz CT molecular complexity index is 505. The van der Waals surface area contributed by atoms with Crippen molar-refractivity contribution in [2.75, 3.05) is 6.61 Å². The van der Waals surface area contributed by atoms with Gasteiger partial charge in [-0.1, -0.05) is 115 Å². The van der Waals surface area contributed by atoms with Crippen molar-refractivity contribution in [2.45, 2.75) is 116 Å². The molecule has 0 aromatic heterocycles. The molecule has 0 aliphatic rings. The molecule has 0 aliphatic carbocycles. The van der Waals surface area contributed by atoms with Crippen molar-refractivity contribution in [2.24, 2.45) is 0 Å². The normalized spacial score (nSPS) is 11.7. The molecule has 29 heavy (non-hydrogen) atoms. The van der Waals surface area contributed by atoms with Crippen LogP contribution in [0.25, 0.3) is 0 Å². The van der Waals surface area contributed by atoms with E-state index in [2.05, 4.69) is 20.8 Å². The van der Waals surface area contributed by atoms with E-state index in [0.717, 1.165) is 30.9 Å². The van der Waals surface area contributed by atoms with E-state index in [9.17, 15) is 0 Å². The SMILES string of the molecule is CCCCCCCCCCCCCCCO[Si](CC)(CC)Oc1cccc(Cl)c1. The van der Waals surface area contributed by atoms with Gasteiger partial charge in [-0.25, -0.2) is 0 Å². The Hall–Kier alpha value is -0.513. The Labute approximate surface area is 187 Å². The van der Waals surface area contributed by atoms with Crippen LogP contribution in [0.3, 0.4) is 0 Å². The molecule has 0 unspecified atom stereocenters. The van der Waals surface area contributed by atoms with E-state index in [-0.39, 0.29) is 0 Å². The van der Waals surface area contributed by atoms with Crippen LogP contribution in [0.2, 0.25) is 17.1 Å². The van der Waals surface area contributed by atoms with Gasteiger partial charge in [-0.3, -0.25) is 0 Å². The van der Waals surface area contributed by atoms with Crippen molar-refractivity contribution in [3.63, 3.8) is 0 Å². The van der Waals surface area contributed by atoms with Gasteiger partial charge in [0, 0.05) is 11.6 Å². The van der Waals surface area contributed by atoms with Gasteiger partial charge in [0.05, 0.1) is 0 Å². The zero-order chi connectivity index (χ0) is 21.2. The average molecular weight is 441 g/mol. The molecular formula is C25H45ClO2Si. The summed E-state index contributed by atoms with van der Waals surface area (Å²) in [7, 11) is -2.17. The highest BCUT2D eigenvalue weighted by Crippen LogP contribution is 2.26. The first-order valence-corrected chi connectivity index (χ1v) is 14.8. The summed E-state index contributed by atoms with van der Waals surface area (Å²) in [5.74, 6) is 0.846. The van der Waals surface area contributed by atoms with Gasteiger partial charge in [-0.05, 0) is 36.7 Å². The van der Waals surface area contributed by atoms with Gasteiger partial charge >= 0.3 is 8.56 Å². The molecule has 0 N–H and O–H groups in total. The van der Waals surface area contributed by atoms with Gasteiger partial charge in [0.1, 0.15) is 5.75 Å². The van der Waals surface area contributed by atoms with Crippen LogP contribution in [0.1, 0.15) is 104 Å². The van der Waals surface area contributed by atoms with E-state index in [4.69, 9.17) is 20.5 Å². The fourth-order valence-corrected chi connectivity index (χ4v) is 6.26. The summed E-state index contributed by atoms with van der Waals surface area (Å²) >= 11 is 6.10. The zero-order valence-electron chi connectivity index (χ0n) is 19.3. The first-order chi connectivity index (χ1) is 14.2. The summed E-state index contributed by atoms with van der Waals surface area (Å²) in [4.78, 5) is 0. The molecule has 0 fully saturated rings. The highest BCUT2D eigenvalue weighted by atomic mass is 35.5. The number of benzene rings is 1. The molecule has 1 aromatic carbocycles. The third kappa shape index (κ3) is 12.7. The van der Waals surface area contributed by atoms with Crippen LogP contribution in [0.5, 0.6) is 5.75 Å². The van der Waals surface area contributed by atoms with E-state index in [1.165, 1.54) is 77.0 Å². The maximum absolute atomic E-state index is 6.35. The predicted molar refractivity (Wildman–Crippen MR) is 130 cm³/mol. The number of rotatable bonds is 19. The number of hydrogen-bond acceptors (Lipinski definition) is 2. The molecule has 0 aliphatic heterocycles. The van der Waals surface area contributed by atoms with E-state index in [0.29, 0.717) is 5.02 Å². The second-order valence-corrected chi connectivity index (χ2v) is 12.4. The van der Waals surface area contributed by atoms with Crippen LogP contribution in [-0.2, 0) is 4.43 Å². The first kappa shape index (κ1) is 26.5. The molecule has 0 saturated heterocycles. The molecule has 0 radical (unpaired) electrons. The van der Waals surface area contributed by atoms with Crippen LogP contribution in [0.15, 0.2) is 24.3 Å². The molecule has 2 nitrogen and oxygen atoms in total. The lowest BCUT2D eigenvalue weighted by Crippen LogP contribution is -2.44. The number of hydrogen-bond donors (Lipinski definition) is 0. The highest BCUT2D eigenvalue weighted by molar-refractivity contribution is 6.68. The molecule has 0 bridgehead atoms. The van der Waals surface area contributed by atoms with Crippen molar-refractivity contribution in [1.29, 1.82) is 0 Å². The van der Waals surface area contributed by atoms with E-state index < -0.39 is 8.56 Å². The maximum atomic E-state index is 6.35. The van der Waals surface area contributed by atoms with Crippen molar-refractivity contribution < 1.29 is 8.85 Å². The summed E-state index contributed by atoms with van der Waals surface area (Å²) in [5.41, 5.74) is 0. The Kier molecular flexibility index (Phi) is 15.7. The van der Waals surface area contributed by atoms with Crippen LogP contribution in [-0.4, -0.2) is 15.2 Å². The summed E-state index contributed by atoms with van der Waals surface area (Å²) in [6, 6.07) is 9.62. The van der Waals surface area contributed by atoms with Crippen molar-refractivity contribution in [1.82, 2.24) is 0 Å². The summed E-state index contributed by atoms with van der Waals surface area (Å²) in [6.07, 6.45) is 17.9. The predicted octanol–water partition coefficient (Wildman–Crippen LogP) is 9.31. The topological polar surface area (TPSA) is 18.5 Å². The Morgan fingerprint density at radius 2 is 1.24 bits per heavy atom. The molecule has 0 saturated carbocycles. The van der Waals surface area contributed by atoms with Crippen molar-refractivity contribution in [3.8, 4) is 5.75 Å². The summed E-state index contributed by atoms with van der Waals surface area (Å²) < 4.78 is 12.7. The Morgan fingerprint density at radius 3 is 1.72 bits per heavy atom. The molecule has 168 valence electrons. The third-order valence-corrected chi connectivity index (χ3v) is 9.52. The smallest absolute Gasteiger partial charge is 0.398 e. The van der Waals surface area contributed by atoms with Crippen molar-refractivity contribution >= 4 is 20.2 Å². The van der Waals surface area contributed by atoms with Crippen LogP contribution >= 0.6 is 11.6 Å². The molecule has 0 atom stereocenters. The van der Waals surface area contributed by atoms with Crippen LogP contribution in [0.4, 0.5) is 0 Å². The van der Waals surface area contributed by atoms with Gasteiger partial charge in [-0.2, -0.15) is 0 Å². The van der Waals surface area contributed by atoms with Gasteiger partial charge in [0.2, 0.25) is 0 Å². The minimum Gasteiger partial charge on any atom is -0.520 e. The summed E-state index contributed by atoms with van der Waals surface area (Å²) in [5, 5.41) is 0.717. The van der Waals surface area contributed by atoms with E-state index >= 15 is 0 Å². The molecule has 1 aromatic rings. The second kappa shape index (κ2) is 17.2. The molecule has 0 spiro atoms. The average Bonchev–Trinajstić information content (AvgIpc) is 2.73. The van der Waals surface area contributed by atoms with Gasteiger partial charge in [-0.15, -0.1) is 0 Å². The lowest BCUT2D eigenvalue weighted by atomic mass is 10.0. The van der Waals surface area contributed by atoms with Crippen LogP contribution in [0, 0.1) is 0 Å². The van der Waals surface area contributed by atoms with Crippen molar-refractivity contribution in [3.05, 3.63) is 29.3 Å². The maximum Gasteiger partial charge on any atom is 0.398 e.